The smallest absolute Gasteiger partial charge is 0.270 e. The van der Waals surface area contributed by atoms with Crippen molar-refractivity contribution in [3.8, 4) is 22.1 Å². The molecule has 0 fully saturated rings. The maximum atomic E-state index is 12.0. The van der Waals surface area contributed by atoms with Crippen LogP contribution >= 0.6 is 11.3 Å². The lowest BCUT2D eigenvalue weighted by atomic mass is 10.2. The van der Waals surface area contributed by atoms with Gasteiger partial charge in [0.15, 0.2) is 11.5 Å². The zero-order chi connectivity index (χ0) is 17.7. The van der Waals surface area contributed by atoms with Crippen LogP contribution in [0, 0.1) is 5.92 Å². The van der Waals surface area contributed by atoms with Crippen LogP contribution in [0.3, 0.4) is 0 Å². The van der Waals surface area contributed by atoms with E-state index in [1.165, 1.54) is 11.3 Å². The summed E-state index contributed by atoms with van der Waals surface area (Å²) in [6.45, 7) is 8.67. The molecular weight excluding hydrogens is 324 g/mol. The Bertz CT molecular complexity index is 695. The van der Waals surface area contributed by atoms with Crippen molar-refractivity contribution in [2.45, 2.75) is 33.7 Å². The maximum absolute atomic E-state index is 12.0. The third kappa shape index (κ3) is 4.71. The molecule has 6 heteroatoms. The highest BCUT2D eigenvalue weighted by atomic mass is 32.1. The summed E-state index contributed by atoms with van der Waals surface area (Å²) in [5.41, 5.74) is 1.33. The van der Waals surface area contributed by atoms with Crippen LogP contribution < -0.4 is 14.8 Å². The lowest BCUT2D eigenvalue weighted by Gasteiger charge is -2.13. The van der Waals surface area contributed by atoms with E-state index < -0.39 is 0 Å². The molecule has 0 aliphatic rings. The molecule has 0 spiro atoms. The first-order valence-electron chi connectivity index (χ1n) is 7.98. The number of benzene rings is 1. The fourth-order valence-electron chi connectivity index (χ4n) is 2.02. The Morgan fingerprint density at radius 1 is 1.25 bits per heavy atom. The zero-order valence-corrected chi connectivity index (χ0v) is 15.6. The van der Waals surface area contributed by atoms with E-state index in [1.54, 1.807) is 12.5 Å². The minimum atomic E-state index is -0.156. The fraction of sp³-hybridized carbons (Fsp3) is 0.444. The van der Waals surface area contributed by atoms with Gasteiger partial charge in [0.05, 0.1) is 13.7 Å². The first-order chi connectivity index (χ1) is 11.4. The van der Waals surface area contributed by atoms with Crippen LogP contribution in [0.2, 0.25) is 0 Å². The van der Waals surface area contributed by atoms with Gasteiger partial charge >= 0.3 is 0 Å². The minimum Gasteiger partial charge on any atom is -0.493 e. The highest BCUT2D eigenvalue weighted by molar-refractivity contribution is 7.13. The van der Waals surface area contributed by atoms with E-state index in [-0.39, 0.29) is 11.9 Å². The quantitative estimate of drug-likeness (QED) is 0.822. The second kappa shape index (κ2) is 8.15. The van der Waals surface area contributed by atoms with Crippen LogP contribution in [0.4, 0.5) is 0 Å². The molecule has 2 aromatic rings. The highest BCUT2D eigenvalue weighted by Crippen LogP contribution is 2.34. The molecule has 0 aliphatic carbocycles. The highest BCUT2D eigenvalue weighted by Gasteiger charge is 2.14. The van der Waals surface area contributed by atoms with Crippen molar-refractivity contribution in [3.05, 3.63) is 29.3 Å². The normalized spacial score (nSPS) is 11.0. The number of amides is 1. The van der Waals surface area contributed by atoms with Crippen molar-refractivity contribution in [3.63, 3.8) is 0 Å². The molecule has 0 unspecified atom stereocenters. The molecule has 0 saturated carbocycles. The largest absolute Gasteiger partial charge is 0.493 e. The van der Waals surface area contributed by atoms with Gasteiger partial charge in [-0.05, 0) is 38.0 Å². The minimum absolute atomic E-state index is 0.0835. The Morgan fingerprint density at radius 2 is 2.00 bits per heavy atom. The second-order valence-corrected chi connectivity index (χ2v) is 7.09. The fourth-order valence-corrected chi connectivity index (χ4v) is 2.82. The van der Waals surface area contributed by atoms with Gasteiger partial charge in [0.1, 0.15) is 10.7 Å². The van der Waals surface area contributed by atoms with Crippen LogP contribution in [-0.2, 0) is 0 Å². The number of nitrogens with zero attached hydrogens (tertiary/aromatic N) is 1. The number of methoxy groups -OCH3 is 1. The van der Waals surface area contributed by atoms with Gasteiger partial charge in [-0.3, -0.25) is 4.79 Å². The van der Waals surface area contributed by atoms with Gasteiger partial charge in [0.25, 0.3) is 5.91 Å². The van der Waals surface area contributed by atoms with Crippen molar-refractivity contribution < 1.29 is 14.3 Å². The number of rotatable bonds is 7. The second-order valence-electron chi connectivity index (χ2n) is 6.24. The first-order valence-corrected chi connectivity index (χ1v) is 8.86. The molecule has 0 bridgehead atoms. The SMILES string of the molecule is COc1cc(-c2nc(C(=O)NC(C)C)cs2)ccc1OCC(C)C. The van der Waals surface area contributed by atoms with Gasteiger partial charge in [-0.15, -0.1) is 11.3 Å². The summed E-state index contributed by atoms with van der Waals surface area (Å²) in [5, 5.41) is 5.39. The van der Waals surface area contributed by atoms with Crippen molar-refractivity contribution in [2.75, 3.05) is 13.7 Å². The molecule has 24 heavy (non-hydrogen) atoms. The van der Waals surface area contributed by atoms with Crippen LogP contribution in [0.1, 0.15) is 38.2 Å². The summed E-state index contributed by atoms with van der Waals surface area (Å²) in [4.78, 5) is 16.4. The van der Waals surface area contributed by atoms with Gasteiger partial charge in [-0.1, -0.05) is 13.8 Å². The standard InChI is InChI=1S/C18H24N2O3S/c1-11(2)9-23-15-7-6-13(8-16(15)22-5)18-20-14(10-24-18)17(21)19-12(3)4/h6-8,10-12H,9H2,1-5H3,(H,19,21). The molecule has 1 heterocycles. The average Bonchev–Trinajstić information content (AvgIpc) is 3.02. The molecule has 1 aromatic heterocycles. The number of carbonyl (C=O) groups is 1. The molecule has 5 nitrogen and oxygen atoms in total. The van der Waals surface area contributed by atoms with Crippen LogP contribution in [0.25, 0.3) is 10.6 Å². The van der Waals surface area contributed by atoms with Crippen molar-refractivity contribution in [1.29, 1.82) is 0 Å². The summed E-state index contributed by atoms with van der Waals surface area (Å²) >= 11 is 1.43. The zero-order valence-electron chi connectivity index (χ0n) is 14.8. The van der Waals surface area contributed by atoms with Gasteiger partial charge in [0, 0.05) is 17.0 Å². The lowest BCUT2D eigenvalue weighted by molar-refractivity contribution is 0.0939. The van der Waals surface area contributed by atoms with E-state index in [4.69, 9.17) is 9.47 Å². The van der Waals surface area contributed by atoms with Gasteiger partial charge in [-0.25, -0.2) is 4.98 Å². The molecule has 2 rings (SSSR count). The molecule has 0 atom stereocenters. The van der Waals surface area contributed by atoms with E-state index in [1.807, 2.05) is 32.0 Å². The summed E-state index contributed by atoms with van der Waals surface area (Å²) < 4.78 is 11.2. The summed E-state index contributed by atoms with van der Waals surface area (Å²) in [6, 6.07) is 5.78. The number of carbonyl (C=O) groups excluding carboxylic acids is 1. The van der Waals surface area contributed by atoms with E-state index in [2.05, 4.69) is 24.1 Å². The summed E-state index contributed by atoms with van der Waals surface area (Å²) in [6.07, 6.45) is 0. The number of thiazole rings is 1. The molecule has 1 amide bonds. The van der Waals surface area contributed by atoms with Crippen molar-refractivity contribution in [1.82, 2.24) is 10.3 Å². The van der Waals surface area contributed by atoms with Gasteiger partial charge in [0.2, 0.25) is 0 Å². The third-order valence-corrected chi connectivity index (χ3v) is 4.03. The lowest BCUT2D eigenvalue weighted by Crippen LogP contribution is -2.30. The van der Waals surface area contributed by atoms with Crippen LogP contribution in [0.5, 0.6) is 11.5 Å². The Morgan fingerprint density at radius 3 is 2.62 bits per heavy atom. The van der Waals surface area contributed by atoms with Gasteiger partial charge in [-0.2, -0.15) is 0 Å². The molecule has 0 saturated heterocycles. The summed E-state index contributed by atoms with van der Waals surface area (Å²) in [7, 11) is 1.62. The molecule has 0 aliphatic heterocycles. The molecular formula is C18H24N2O3S. The number of nitrogens with one attached hydrogen (secondary N) is 1. The Hall–Kier alpha value is -2.08. The number of hydrogen-bond acceptors (Lipinski definition) is 5. The predicted molar refractivity (Wildman–Crippen MR) is 97.0 cm³/mol. The Labute approximate surface area is 147 Å². The summed E-state index contributed by atoms with van der Waals surface area (Å²) in [5.74, 6) is 1.66. The Balaban J connectivity index is 2.20. The van der Waals surface area contributed by atoms with Gasteiger partial charge < -0.3 is 14.8 Å². The molecule has 0 radical (unpaired) electrons. The van der Waals surface area contributed by atoms with E-state index in [0.717, 1.165) is 10.6 Å². The third-order valence-electron chi connectivity index (χ3n) is 3.14. The molecule has 1 N–H and O–H groups in total. The molecule has 1 aromatic carbocycles. The number of aromatic nitrogens is 1. The average molecular weight is 348 g/mol. The van der Waals surface area contributed by atoms with Crippen molar-refractivity contribution >= 4 is 17.2 Å². The topological polar surface area (TPSA) is 60.5 Å². The number of ether oxygens (including phenoxy) is 2. The predicted octanol–water partition coefficient (Wildman–Crippen LogP) is 3.99. The Kier molecular flexibility index (Phi) is 6.20. The van der Waals surface area contributed by atoms with Crippen LogP contribution in [-0.4, -0.2) is 30.6 Å². The van der Waals surface area contributed by atoms with E-state index in [0.29, 0.717) is 29.7 Å². The van der Waals surface area contributed by atoms with Crippen molar-refractivity contribution in [2.24, 2.45) is 5.92 Å². The number of hydrogen-bond donors (Lipinski definition) is 1. The van der Waals surface area contributed by atoms with Crippen LogP contribution in [0.15, 0.2) is 23.6 Å². The maximum Gasteiger partial charge on any atom is 0.270 e. The monoisotopic (exact) mass is 348 g/mol. The first kappa shape index (κ1) is 18.3. The van der Waals surface area contributed by atoms with E-state index >= 15 is 0 Å². The molecule has 130 valence electrons. The van der Waals surface area contributed by atoms with E-state index in [9.17, 15) is 4.79 Å².